The van der Waals surface area contributed by atoms with Crippen molar-refractivity contribution in [2.75, 3.05) is 0 Å². The fraction of sp³-hybridized carbons (Fsp3) is 0.600. The molecule has 0 atom stereocenters. The average Bonchev–Trinajstić information content (AvgIpc) is 2.62. The molecule has 0 aliphatic heterocycles. The zero-order valence-electron chi connectivity index (χ0n) is 15.1. The summed E-state index contributed by atoms with van der Waals surface area (Å²) in [5.41, 5.74) is -0.507. The molecule has 4 aliphatic rings. The van der Waals surface area contributed by atoms with Crippen LogP contribution in [0.15, 0.2) is 12.1 Å². The molecule has 0 unspecified atom stereocenters. The van der Waals surface area contributed by atoms with E-state index in [2.05, 4.69) is 10.6 Å². The van der Waals surface area contributed by atoms with Gasteiger partial charge >= 0.3 is 0 Å². The van der Waals surface area contributed by atoms with Crippen molar-refractivity contribution in [2.24, 2.45) is 5.41 Å². The minimum absolute atomic E-state index is 0.0594. The molecule has 0 spiro atoms. The number of rotatable bonds is 4. The number of carbonyl (C=O) groups is 2. The molecule has 4 aliphatic carbocycles. The number of benzene rings is 1. The number of carbonyl (C=O) groups excluding carboxylic acids is 2. The monoisotopic (exact) mass is 410 g/mol. The van der Waals surface area contributed by atoms with Gasteiger partial charge in [0.2, 0.25) is 5.91 Å². The molecule has 146 valence electrons. The highest BCUT2D eigenvalue weighted by Crippen LogP contribution is 2.52. The van der Waals surface area contributed by atoms with E-state index >= 15 is 0 Å². The second-order valence-corrected chi connectivity index (χ2v) is 9.24. The van der Waals surface area contributed by atoms with Gasteiger partial charge in [0.15, 0.2) is 0 Å². The van der Waals surface area contributed by atoms with Crippen molar-refractivity contribution < 1.29 is 14.7 Å². The Morgan fingerprint density at radius 1 is 1.04 bits per heavy atom. The van der Waals surface area contributed by atoms with E-state index in [0.29, 0.717) is 11.1 Å². The molecule has 0 radical (unpaired) electrons. The van der Waals surface area contributed by atoms with Gasteiger partial charge in [0, 0.05) is 22.0 Å². The zero-order chi connectivity index (χ0) is 19.2. The van der Waals surface area contributed by atoms with Gasteiger partial charge in [-0.3, -0.25) is 9.59 Å². The van der Waals surface area contributed by atoms with E-state index in [1.165, 1.54) is 18.6 Å². The van der Waals surface area contributed by atoms with Gasteiger partial charge in [-0.05, 0) is 69.9 Å². The standard InChI is InChI=1S/C20H24Cl2N2O3/c21-12-10-14(16(25)15(22)11-12)17(26)24-20-7-4-19(5-8-20,6-9-20)18(27)23-13-2-1-3-13/h10-11,13,25H,1-9H2,(H,23,27)(H,24,26). The minimum Gasteiger partial charge on any atom is -0.506 e. The maximum atomic E-state index is 12.8. The molecule has 1 aromatic carbocycles. The number of hydrogen-bond acceptors (Lipinski definition) is 3. The molecule has 5 rings (SSSR count). The van der Waals surface area contributed by atoms with Crippen LogP contribution in [0.4, 0.5) is 0 Å². The topological polar surface area (TPSA) is 78.4 Å². The van der Waals surface area contributed by atoms with Gasteiger partial charge in [0.05, 0.1) is 10.6 Å². The van der Waals surface area contributed by atoms with Crippen molar-refractivity contribution in [3.05, 3.63) is 27.7 Å². The highest BCUT2D eigenvalue weighted by Gasteiger charge is 2.53. The third kappa shape index (κ3) is 3.40. The fourth-order valence-electron chi connectivity index (χ4n) is 4.65. The summed E-state index contributed by atoms with van der Waals surface area (Å²) in [4.78, 5) is 25.5. The maximum Gasteiger partial charge on any atom is 0.255 e. The van der Waals surface area contributed by atoms with Crippen molar-refractivity contribution >= 4 is 35.0 Å². The van der Waals surface area contributed by atoms with Crippen LogP contribution in [0.25, 0.3) is 0 Å². The van der Waals surface area contributed by atoms with Gasteiger partial charge in [0.1, 0.15) is 5.75 Å². The summed E-state index contributed by atoms with van der Waals surface area (Å²) in [6.45, 7) is 0. The third-order valence-corrected chi connectivity index (χ3v) is 7.33. The molecular formula is C20H24Cl2N2O3. The molecule has 1 aromatic rings. The number of fused-ring (bicyclic) bond motifs is 3. The summed E-state index contributed by atoms with van der Waals surface area (Å²) < 4.78 is 0. The van der Waals surface area contributed by atoms with Crippen molar-refractivity contribution in [3.8, 4) is 5.75 Å². The van der Waals surface area contributed by atoms with Crippen LogP contribution in [-0.4, -0.2) is 28.5 Å². The molecule has 5 nitrogen and oxygen atoms in total. The lowest BCUT2D eigenvalue weighted by atomic mass is 9.56. The normalized spacial score (nSPS) is 29.9. The SMILES string of the molecule is O=C(NC12CCC(C(=O)NC3CCC3)(CC1)CC2)c1cc(Cl)cc(Cl)c1O. The predicted octanol–water partition coefficient (Wildman–Crippen LogP) is 4.19. The Morgan fingerprint density at radius 3 is 2.22 bits per heavy atom. The Balaban J connectivity index is 1.44. The first-order valence-corrected chi connectivity index (χ1v) is 10.4. The lowest BCUT2D eigenvalue weighted by molar-refractivity contribution is -0.139. The van der Waals surface area contributed by atoms with Crippen LogP contribution in [-0.2, 0) is 4.79 Å². The molecule has 2 amide bonds. The van der Waals surface area contributed by atoms with E-state index in [4.69, 9.17) is 23.2 Å². The minimum atomic E-state index is -0.370. The quantitative estimate of drug-likeness (QED) is 0.695. The van der Waals surface area contributed by atoms with E-state index in [0.717, 1.165) is 51.4 Å². The smallest absolute Gasteiger partial charge is 0.255 e. The summed E-state index contributed by atoms with van der Waals surface area (Å²) >= 11 is 11.9. The number of amides is 2. The molecule has 7 heteroatoms. The Kier molecular flexibility index (Phi) is 4.79. The van der Waals surface area contributed by atoms with Crippen LogP contribution in [0.5, 0.6) is 5.75 Å². The number of nitrogens with one attached hydrogen (secondary N) is 2. The molecule has 0 aromatic heterocycles. The molecule has 4 saturated carbocycles. The van der Waals surface area contributed by atoms with Crippen molar-refractivity contribution in [2.45, 2.75) is 69.4 Å². The summed E-state index contributed by atoms with van der Waals surface area (Å²) in [5.74, 6) is -0.424. The largest absolute Gasteiger partial charge is 0.506 e. The van der Waals surface area contributed by atoms with Gasteiger partial charge in [-0.15, -0.1) is 0 Å². The predicted molar refractivity (Wildman–Crippen MR) is 104 cm³/mol. The van der Waals surface area contributed by atoms with Crippen molar-refractivity contribution in [1.82, 2.24) is 10.6 Å². The van der Waals surface area contributed by atoms with Crippen LogP contribution in [0.2, 0.25) is 10.0 Å². The lowest BCUT2D eigenvalue weighted by Gasteiger charge is -2.53. The van der Waals surface area contributed by atoms with E-state index in [9.17, 15) is 14.7 Å². The van der Waals surface area contributed by atoms with Crippen LogP contribution in [0.1, 0.15) is 68.1 Å². The second kappa shape index (κ2) is 6.85. The highest BCUT2D eigenvalue weighted by atomic mass is 35.5. The Bertz CT molecular complexity index is 767. The fourth-order valence-corrected chi connectivity index (χ4v) is 5.15. The van der Waals surface area contributed by atoms with Crippen LogP contribution in [0, 0.1) is 5.41 Å². The number of phenolic OH excluding ortho intramolecular Hbond substituents is 1. The van der Waals surface area contributed by atoms with Gasteiger partial charge in [0.25, 0.3) is 5.91 Å². The molecule has 27 heavy (non-hydrogen) atoms. The van der Waals surface area contributed by atoms with Gasteiger partial charge in [-0.25, -0.2) is 0 Å². The van der Waals surface area contributed by atoms with E-state index in [-0.39, 0.29) is 39.1 Å². The van der Waals surface area contributed by atoms with Crippen molar-refractivity contribution in [1.29, 1.82) is 0 Å². The van der Waals surface area contributed by atoms with Gasteiger partial charge < -0.3 is 15.7 Å². The first kappa shape index (κ1) is 18.9. The van der Waals surface area contributed by atoms with E-state index < -0.39 is 0 Å². The summed E-state index contributed by atoms with van der Waals surface area (Å²) in [6.07, 6.45) is 8.05. The van der Waals surface area contributed by atoms with Crippen LogP contribution >= 0.6 is 23.2 Å². The summed E-state index contributed by atoms with van der Waals surface area (Å²) in [6, 6.07) is 3.19. The first-order valence-electron chi connectivity index (χ1n) is 9.64. The number of phenols is 1. The molecule has 0 saturated heterocycles. The summed E-state index contributed by atoms with van der Waals surface area (Å²) in [7, 11) is 0. The summed E-state index contributed by atoms with van der Waals surface area (Å²) in [5, 5.41) is 16.8. The Labute approximate surface area is 168 Å². The van der Waals surface area contributed by atoms with Gasteiger partial charge in [-0.1, -0.05) is 23.2 Å². The Morgan fingerprint density at radius 2 is 1.67 bits per heavy atom. The number of halogens is 2. The molecule has 4 fully saturated rings. The molecule has 3 N–H and O–H groups in total. The maximum absolute atomic E-state index is 12.8. The van der Waals surface area contributed by atoms with Crippen LogP contribution < -0.4 is 10.6 Å². The Hall–Kier alpha value is -1.46. The van der Waals surface area contributed by atoms with E-state index in [1.807, 2.05) is 0 Å². The third-order valence-electron chi connectivity index (χ3n) is 6.82. The van der Waals surface area contributed by atoms with E-state index in [1.54, 1.807) is 0 Å². The highest BCUT2D eigenvalue weighted by molar-refractivity contribution is 6.36. The molecular weight excluding hydrogens is 387 g/mol. The lowest BCUT2D eigenvalue weighted by Crippen LogP contribution is -2.60. The zero-order valence-corrected chi connectivity index (χ0v) is 16.6. The average molecular weight is 411 g/mol. The van der Waals surface area contributed by atoms with Crippen LogP contribution in [0.3, 0.4) is 0 Å². The van der Waals surface area contributed by atoms with Crippen molar-refractivity contribution in [3.63, 3.8) is 0 Å². The second-order valence-electron chi connectivity index (χ2n) is 8.40. The van der Waals surface area contributed by atoms with Gasteiger partial charge in [-0.2, -0.15) is 0 Å². The first-order chi connectivity index (χ1) is 12.8. The molecule has 0 heterocycles. The molecule has 2 bridgehead atoms. The number of aromatic hydroxyl groups is 1. The number of hydrogen-bond donors (Lipinski definition) is 3.